The average molecular weight is 249 g/mol. The zero-order valence-corrected chi connectivity index (χ0v) is 13.0. The fourth-order valence-electron chi connectivity index (χ4n) is 2.01. The Morgan fingerprint density at radius 1 is 1.06 bits per heavy atom. The Morgan fingerprint density at radius 2 is 1.61 bits per heavy atom. The third-order valence-electron chi connectivity index (χ3n) is 2.69. The van der Waals surface area contributed by atoms with Gasteiger partial charge in [-0.25, -0.2) is 0 Å². The Balaban J connectivity index is 0.000000509. The third-order valence-corrected chi connectivity index (χ3v) is 2.69. The molecule has 18 heavy (non-hydrogen) atoms. The second-order valence-corrected chi connectivity index (χ2v) is 4.68. The summed E-state index contributed by atoms with van der Waals surface area (Å²) in [5.74, 6) is 0. The van der Waals surface area contributed by atoms with Gasteiger partial charge in [0.2, 0.25) is 0 Å². The minimum absolute atomic E-state index is 1.14. The zero-order chi connectivity index (χ0) is 13.8. The lowest BCUT2D eigenvalue weighted by molar-refractivity contribution is 0.331. The Labute approximate surface area is 114 Å². The van der Waals surface area contributed by atoms with Crippen molar-refractivity contribution in [3.63, 3.8) is 0 Å². The highest BCUT2D eigenvalue weighted by Gasteiger charge is 2.11. The van der Waals surface area contributed by atoms with Crippen molar-refractivity contribution in [2.45, 2.75) is 60.4 Å². The standard InChI is InChI=1S/C12H17N.C3H8.C2H6/c1-11-5-4-6-12(9-11)10-13-7-2-3-8-13;1-3-2;1-2/h4-6,9H,2-3,7-8,10H2,1H3;3H2,1-2H3;1-2H3. The van der Waals surface area contributed by atoms with E-state index in [9.17, 15) is 0 Å². The molecule has 0 unspecified atom stereocenters. The zero-order valence-electron chi connectivity index (χ0n) is 13.0. The molecule has 0 saturated carbocycles. The Bertz CT molecular complexity index is 287. The molecule has 1 aliphatic heterocycles. The van der Waals surface area contributed by atoms with Crippen LogP contribution in [0.3, 0.4) is 0 Å². The largest absolute Gasteiger partial charge is 0.299 e. The summed E-state index contributed by atoms with van der Waals surface area (Å²) < 4.78 is 0. The predicted octanol–water partition coefficient (Wildman–Crippen LogP) is 5.03. The average Bonchev–Trinajstić information content (AvgIpc) is 2.85. The molecule has 1 aromatic carbocycles. The highest BCUT2D eigenvalue weighted by atomic mass is 15.1. The Morgan fingerprint density at radius 3 is 2.11 bits per heavy atom. The maximum Gasteiger partial charge on any atom is 0.0233 e. The van der Waals surface area contributed by atoms with Gasteiger partial charge in [0.15, 0.2) is 0 Å². The van der Waals surface area contributed by atoms with Gasteiger partial charge < -0.3 is 0 Å². The predicted molar refractivity (Wildman–Crippen MR) is 83.0 cm³/mol. The van der Waals surface area contributed by atoms with Crippen molar-refractivity contribution < 1.29 is 0 Å². The molecule has 0 spiro atoms. The number of likely N-dealkylation sites (tertiary alicyclic amines) is 1. The SMILES string of the molecule is CC.CCC.Cc1cccc(CN2CCCC2)c1. The van der Waals surface area contributed by atoms with Crippen LogP contribution in [0.4, 0.5) is 0 Å². The summed E-state index contributed by atoms with van der Waals surface area (Å²) in [6.07, 6.45) is 4.01. The maximum atomic E-state index is 2.54. The van der Waals surface area contributed by atoms with Crippen LogP contribution in [0.25, 0.3) is 0 Å². The second kappa shape index (κ2) is 11.3. The van der Waals surface area contributed by atoms with E-state index in [0.29, 0.717) is 0 Å². The summed E-state index contributed by atoms with van der Waals surface area (Å²) in [4.78, 5) is 2.54. The first-order valence-corrected chi connectivity index (χ1v) is 7.54. The van der Waals surface area contributed by atoms with Gasteiger partial charge in [0.05, 0.1) is 0 Å². The van der Waals surface area contributed by atoms with Crippen LogP contribution in [0.2, 0.25) is 0 Å². The van der Waals surface area contributed by atoms with E-state index in [0.717, 1.165) is 6.54 Å². The van der Waals surface area contributed by atoms with E-state index >= 15 is 0 Å². The molecule has 1 heteroatoms. The quantitative estimate of drug-likeness (QED) is 0.710. The van der Waals surface area contributed by atoms with Crippen LogP contribution in [0.15, 0.2) is 24.3 Å². The van der Waals surface area contributed by atoms with Crippen LogP contribution in [-0.4, -0.2) is 18.0 Å². The third kappa shape index (κ3) is 7.50. The Kier molecular flexibility index (Phi) is 10.8. The number of benzene rings is 1. The molecule has 1 saturated heterocycles. The molecule has 1 heterocycles. The van der Waals surface area contributed by atoms with E-state index in [1.54, 1.807) is 0 Å². The van der Waals surface area contributed by atoms with Gasteiger partial charge in [0, 0.05) is 6.54 Å². The maximum absolute atomic E-state index is 2.54. The number of hydrogen-bond acceptors (Lipinski definition) is 1. The molecule has 0 bridgehead atoms. The number of nitrogens with zero attached hydrogens (tertiary/aromatic N) is 1. The molecule has 0 amide bonds. The summed E-state index contributed by atoms with van der Waals surface area (Å²) in [6.45, 7) is 14.1. The fourth-order valence-corrected chi connectivity index (χ4v) is 2.01. The monoisotopic (exact) mass is 249 g/mol. The van der Waals surface area contributed by atoms with Crippen LogP contribution in [0.1, 0.15) is 58.1 Å². The first-order valence-electron chi connectivity index (χ1n) is 7.54. The van der Waals surface area contributed by atoms with Crippen molar-refractivity contribution in [2.24, 2.45) is 0 Å². The van der Waals surface area contributed by atoms with E-state index in [-0.39, 0.29) is 0 Å². The van der Waals surface area contributed by atoms with E-state index in [1.807, 2.05) is 13.8 Å². The summed E-state index contributed by atoms with van der Waals surface area (Å²) >= 11 is 0. The van der Waals surface area contributed by atoms with Gasteiger partial charge in [-0.2, -0.15) is 0 Å². The summed E-state index contributed by atoms with van der Waals surface area (Å²) in [7, 11) is 0. The van der Waals surface area contributed by atoms with Crippen LogP contribution >= 0.6 is 0 Å². The van der Waals surface area contributed by atoms with Crippen molar-refractivity contribution in [1.82, 2.24) is 4.90 Å². The minimum Gasteiger partial charge on any atom is -0.299 e. The van der Waals surface area contributed by atoms with E-state index < -0.39 is 0 Å². The molecule has 0 radical (unpaired) electrons. The Hall–Kier alpha value is -0.820. The topological polar surface area (TPSA) is 3.24 Å². The fraction of sp³-hybridized carbons (Fsp3) is 0.647. The van der Waals surface area contributed by atoms with Crippen molar-refractivity contribution in [2.75, 3.05) is 13.1 Å². The van der Waals surface area contributed by atoms with Crippen molar-refractivity contribution >= 4 is 0 Å². The molecule has 1 nitrogen and oxygen atoms in total. The van der Waals surface area contributed by atoms with Crippen LogP contribution < -0.4 is 0 Å². The van der Waals surface area contributed by atoms with Gasteiger partial charge in [-0.05, 0) is 38.4 Å². The molecule has 1 fully saturated rings. The first kappa shape index (κ1) is 17.2. The van der Waals surface area contributed by atoms with Gasteiger partial charge in [0.1, 0.15) is 0 Å². The molecule has 0 N–H and O–H groups in total. The minimum atomic E-state index is 1.14. The highest BCUT2D eigenvalue weighted by Crippen LogP contribution is 2.13. The number of hydrogen-bond donors (Lipinski definition) is 0. The highest BCUT2D eigenvalue weighted by molar-refractivity contribution is 5.22. The molecule has 104 valence electrons. The van der Waals surface area contributed by atoms with Crippen molar-refractivity contribution in [3.8, 4) is 0 Å². The smallest absolute Gasteiger partial charge is 0.0233 e. The molecule has 0 aromatic heterocycles. The normalized spacial score (nSPS) is 14.3. The van der Waals surface area contributed by atoms with Gasteiger partial charge >= 0.3 is 0 Å². The number of aryl methyl sites for hydroxylation is 1. The van der Waals surface area contributed by atoms with Crippen molar-refractivity contribution in [3.05, 3.63) is 35.4 Å². The molecule has 2 rings (SSSR count). The van der Waals surface area contributed by atoms with Gasteiger partial charge in [-0.1, -0.05) is 63.9 Å². The van der Waals surface area contributed by atoms with Gasteiger partial charge in [-0.15, -0.1) is 0 Å². The number of rotatable bonds is 2. The molecular formula is C17H31N. The summed E-state index contributed by atoms with van der Waals surface area (Å²) in [6, 6.07) is 8.83. The molecule has 1 aliphatic rings. The first-order chi connectivity index (χ1) is 8.76. The lowest BCUT2D eigenvalue weighted by atomic mass is 10.1. The van der Waals surface area contributed by atoms with E-state index in [4.69, 9.17) is 0 Å². The van der Waals surface area contributed by atoms with Gasteiger partial charge in [-0.3, -0.25) is 4.90 Å². The summed E-state index contributed by atoms with van der Waals surface area (Å²) in [5, 5.41) is 0. The van der Waals surface area contributed by atoms with Crippen LogP contribution in [0, 0.1) is 6.92 Å². The molecule has 1 aromatic rings. The summed E-state index contributed by atoms with van der Waals surface area (Å²) in [5.41, 5.74) is 2.83. The lowest BCUT2D eigenvalue weighted by Crippen LogP contribution is -2.18. The molecular weight excluding hydrogens is 218 g/mol. The van der Waals surface area contributed by atoms with Gasteiger partial charge in [0.25, 0.3) is 0 Å². The molecule has 0 atom stereocenters. The lowest BCUT2D eigenvalue weighted by Gasteiger charge is -2.14. The van der Waals surface area contributed by atoms with Crippen LogP contribution in [-0.2, 0) is 6.54 Å². The van der Waals surface area contributed by atoms with Crippen molar-refractivity contribution in [1.29, 1.82) is 0 Å². The van der Waals surface area contributed by atoms with Crippen LogP contribution in [0.5, 0.6) is 0 Å². The van der Waals surface area contributed by atoms with E-state index in [1.165, 1.54) is 43.5 Å². The molecule has 0 aliphatic carbocycles. The van der Waals surface area contributed by atoms with E-state index in [2.05, 4.69) is 49.9 Å². The second-order valence-electron chi connectivity index (χ2n) is 4.68.